The van der Waals surface area contributed by atoms with Gasteiger partial charge in [0.1, 0.15) is 0 Å². The van der Waals surface area contributed by atoms with Crippen LogP contribution in [0.5, 0.6) is 0 Å². The summed E-state index contributed by atoms with van der Waals surface area (Å²) in [5, 5.41) is 11.1. The van der Waals surface area contributed by atoms with E-state index in [1.165, 1.54) is 0 Å². The summed E-state index contributed by atoms with van der Waals surface area (Å²) in [4.78, 5) is 19.3. The summed E-state index contributed by atoms with van der Waals surface area (Å²) >= 11 is 6.18. The zero-order valence-electron chi connectivity index (χ0n) is 18.3. The number of carbonyl (C=O) groups is 1. The number of halogens is 1. The van der Waals surface area contributed by atoms with Crippen LogP contribution >= 0.6 is 11.6 Å². The number of carbonyl (C=O) groups excluding carboxylic acids is 1. The molecule has 3 aliphatic rings. The molecule has 3 fully saturated rings. The average molecular weight is 452 g/mol. The molecule has 1 amide bonds. The molecule has 0 radical (unpaired) electrons. The van der Waals surface area contributed by atoms with E-state index >= 15 is 0 Å². The number of aliphatic hydroxyl groups is 1. The molecule has 3 aliphatic heterocycles. The zero-order valence-corrected chi connectivity index (χ0v) is 19.0. The van der Waals surface area contributed by atoms with Crippen molar-refractivity contribution in [3.8, 4) is 0 Å². The monoisotopic (exact) mass is 451 g/mol. The third kappa shape index (κ3) is 6.18. The topological polar surface area (TPSA) is 65.5 Å². The van der Waals surface area contributed by atoms with Crippen molar-refractivity contribution in [3.05, 3.63) is 34.9 Å². The number of piperazine rings is 1. The van der Waals surface area contributed by atoms with Gasteiger partial charge in [-0.15, -0.1) is 0 Å². The van der Waals surface area contributed by atoms with Gasteiger partial charge in [-0.25, -0.2) is 0 Å². The van der Waals surface area contributed by atoms with E-state index < -0.39 is 6.10 Å². The highest BCUT2D eigenvalue weighted by atomic mass is 35.5. The Morgan fingerprint density at radius 3 is 2.77 bits per heavy atom. The Bertz CT molecular complexity index is 743. The van der Waals surface area contributed by atoms with Gasteiger partial charge in [0.2, 0.25) is 5.91 Å². The van der Waals surface area contributed by atoms with E-state index in [1.54, 1.807) is 0 Å². The quantitative estimate of drug-likeness (QED) is 0.750. The van der Waals surface area contributed by atoms with Crippen molar-refractivity contribution in [2.75, 3.05) is 53.0 Å². The van der Waals surface area contributed by atoms with Gasteiger partial charge in [-0.3, -0.25) is 9.69 Å². The summed E-state index contributed by atoms with van der Waals surface area (Å²) in [6.45, 7) is 5.41. The van der Waals surface area contributed by atoms with E-state index in [1.807, 2.05) is 23.1 Å². The molecule has 1 N–H and O–H groups in total. The third-order valence-electron chi connectivity index (χ3n) is 6.62. The number of amides is 1. The number of hydrogen-bond acceptors (Lipinski definition) is 6. The summed E-state index contributed by atoms with van der Waals surface area (Å²) in [6, 6.07) is 8.00. The first kappa shape index (κ1) is 23.0. The summed E-state index contributed by atoms with van der Waals surface area (Å²) in [5.41, 5.74) is 1.12. The van der Waals surface area contributed by atoms with Gasteiger partial charge in [0, 0.05) is 50.3 Å². The predicted molar refractivity (Wildman–Crippen MR) is 119 cm³/mol. The van der Waals surface area contributed by atoms with E-state index in [4.69, 9.17) is 21.1 Å². The summed E-state index contributed by atoms with van der Waals surface area (Å²) in [5.74, 6) is 0.189. The minimum Gasteiger partial charge on any atom is -0.389 e. The van der Waals surface area contributed by atoms with Crippen LogP contribution in [-0.2, 0) is 20.8 Å². The number of likely N-dealkylation sites (N-methyl/N-ethyl adjacent to an activating group) is 1. The lowest BCUT2D eigenvalue weighted by Crippen LogP contribution is -2.55. The third-order valence-corrected chi connectivity index (χ3v) is 6.86. The molecule has 8 heteroatoms. The van der Waals surface area contributed by atoms with Crippen LogP contribution in [0.25, 0.3) is 0 Å². The van der Waals surface area contributed by atoms with Gasteiger partial charge in [-0.1, -0.05) is 23.7 Å². The molecule has 0 unspecified atom stereocenters. The van der Waals surface area contributed by atoms with Gasteiger partial charge in [0.15, 0.2) is 0 Å². The highest BCUT2D eigenvalue weighted by Crippen LogP contribution is 2.29. The highest BCUT2D eigenvalue weighted by Gasteiger charge is 2.38. The van der Waals surface area contributed by atoms with Gasteiger partial charge in [0.25, 0.3) is 0 Å². The van der Waals surface area contributed by atoms with Crippen LogP contribution < -0.4 is 0 Å². The van der Waals surface area contributed by atoms with Crippen LogP contribution in [0.2, 0.25) is 5.02 Å². The van der Waals surface area contributed by atoms with Crippen LogP contribution in [0.1, 0.15) is 24.8 Å². The summed E-state index contributed by atoms with van der Waals surface area (Å²) in [7, 11) is 2.09. The fourth-order valence-electron chi connectivity index (χ4n) is 4.88. The van der Waals surface area contributed by atoms with E-state index in [2.05, 4.69) is 22.9 Å². The summed E-state index contributed by atoms with van der Waals surface area (Å²) < 4.78 is 12.1. The standard InChI is InChI=1S/C23H34ClN3O4/c1-25-7-9-26(10-8-25)23(29)12-20-5-6-21-22(31-20)16-30-15-19(28)14-27(21)13-17-3-2-4-18(24)11-17/h2-4,11,19-22,28H,5-10,12-16H2,1H3/t19-,20+,21+,22-/m1/s1. The number of rotatable bonds is 4. The molecule has 0 aliphatic carbocycles. The normalized spacial score (nSPS) is 31.0. The Morgan fingerprint density at radius 1 is 1.19 bits per heavy atom. The minimum absolute atomic E-state index is 0.0747. The molecule has 4 rings (SSSR count). The molecule has 4 atom stereocenters. The van der Waals surface area contributed by atoms with Crippen molar-refractivity contribution in [2.45, 2.75) is 50.2 Å². The Morgan fingerprint density at radius 2 is 2.00 bits per heavy atom. The van der Waals surface area contributed by atoms with E-state index in [0.717, 1.165) is 44.6 Å². The van der Waals surface area contributed by atoms with Crippen LogP contribution in [-0.4, -0.2) is 103 Å². The molecule has 0 bridgehead atoms. The number of nitrogens with zero attached hydrogens (tertiary/aromatic N) is 3. The van der Waals surface area contributed by atoms with Crippen LogP contribution in [0.4, 0.5) is 0 Å². The Labute approximate surface area is 189 Å². The van der Waals surface area contributed by atoms with Gasteiger partial charge in [0.05, 0.1) is 37.9 Å². The highest BCUT2D eigenvalue weighted by molar-refractivity contribution is 6.30. The molecular weight excluding hydrogens is 418 g/mol. The average Bonchev–Trinajstić information content (AvgIpc) is 2.73. The number of β-amino-alcohol motifs (C(OH)–C–C–N with tert-alkyl or cyclic N) is 1. The van der Waals surface area contributed by atoms with Crippen molar-refractivity contribution in [2.24, 2.45) is 0 Å². The fourth-order valence-corrected chi connectivity index (χ4v) is 5.09. The molecule has 172 valence electrons. The lowest BCUT2D eigenvalue weighted by Gasteiger charge is -2.45. The number of hydrogen-bond donors (Lipinski definition) is 1. The molecule has 3 heterocycles. The number of fused-ring (bicyclic) bond motifs is 1. The maximum atomic E-state index is 12.8. The first-order valence-electron chi connectivity index (χ1n) is 11.3. The van der Waals surface area contributed by atoms with Gasteiger partial charge in [-0.05, 0) is 37.6 Å². The van der Waals surface area contributed by atoms with Crippen LogP contribution in [0, 0.1) is 0 Å². The second-order valence-corrected chi connectivity index (χ2v) is 9.52. The number of ether oxygens (including phenoxy) is 2. The zero-order chi connectivity index (χ0) is 21.8. The summed E-state index contributed by atoms with van der Waals surface area (Å²) in [6.07, 6.45) is 1.48. The number of benzene rings is 1. The predicted octanol–water partition coefficient (Wildman–Crippen LogP) is 1.61. The number of aliphatic hydroxyl groups excluding tert-OH is 1. The van der Waals surface area contributed by atoms with E-state index in [-0.39, 0.29) is 24.2 Å². The van der Waals surface area contributed by atoms with Gasteiger partial charge >= 0.3 is 0 Å². The van der Waals surface area contributed by atoms with Crippen LogP contribution in [0.3, 0.4) is 0 Å². The first-order valence-corrected chi connectivity index (χ1v) is 11.7. The fraction of sp³-hybridized carbons (Fsp3) is 0.696. The molecule has 0 aromatic heterocycles. The van der Waals surface area contributed by atoms with E-state index in [0.29, 0.717) is 37.7 Å². The largest absolute Gasteiger partial charge is 0.389 e. The molecule has 31 heavy (non-hydrogen) atoms. The molecule has 0 spiro atoms. The maximum absolute atomic E-state index is 12.8. The van der Waals surface area contributed by atoms with Crippen molar-refractivity contribution in [1.29, 1.82) is 0 Å². The lowest BCUT2D eigenvalue weighted by atomic mass is 9.94. The SMILES string of the molecule is CN1CCN(C(=O)C[C@@H]2CC[C@H]3[C@@H](COC[C@H](O)CN3Cc3cccc(Cl)c3)O2)CC1. The van der Waals surface area contributed by atoms with Gasteiger partial charge in [-0.2, -0.15) is 0 Å². The maximum Gasteiger partial charge on any atom is 0.225 e. The van der Waals surface area contributed by atoms with Crippen molar-refractivity contribution in [1.82, 2.24) is 14.7 Å². The Hall–Kier alpha value is -1.22. The molecule has 1 aromatic rings. The smallest absolute Gasteiger partial charge is 0.225 e. The second kappa shape index (κ2) is 10.6. The van der Waals surface area contributed by atoms with Crippen molar-refractivity contribution < 1.29 is 19.4 Å². The molecular formula is C23H34ClN3O4. The molecule has 0 saturated carbocycles. The Kier molecular flexibility index (Phi) is 7.85. The Balaban J connectivity index is 1.38. The molecule has 3 saturated heterocycles. The first-order chi connectivity index (χ1) is 15.0. The van der Waals surface area contributed by atoms with Crippen LogP contribution in [0.15, 0.2) is 24.3 Å². The minimum atomic E-state index is -0.531. The van der Waals surface area contributed by atoms with E-state index in [9.17, 15) is 9.90 Å². The second-order valence-electron chi connectivity index (χ2n) is 9.08. The van der Waals surface area contributed by atoms with Gasteiger partial charge < -0.3 is 24.4 Å². The van der Waals surface area contributed by atoms with Crippen molar-refractivity contribution >= 4 is 17.5 Å². The lowest BCUT2D eigenvalue weighted by molar-refractivity contribution is -0.161. The molecule has 1 aromatic carbocycles. The molecule has 7 nitrogen and oxygen atoms in total. The van der Waals surface area contributed by atoms with Crippen molar-refractivity contribution in [3.63, 3.8) is 0 Å².